The molecule has 1 aliphatic heterocycles. The maximum Gasteiger partial charge on any atom is 0.337 e. The third kappa shape index (κ3) is 5.62. The van der Waals surface area contributed by atoms with E-state index in [1.54, 1.807) is 52.0 Å². The number of rotatable bonds is 9. The highest BCUT2D eigenvalue weighted by molar-refractivity contribution is 6.31. The molecule has 1 atom stereocenters. The zero-order valence-electron chi connectivity index (χ0n) is 17.8. The van der Waals surface area contributed by atoms with Gasteiger partial charge in [-0.05, 0) is 39.3 Å². The molecule has 2 rings (SSSR count). The van der Waals surface area contributed by atoms with Crippen LogP contribution in [0.15, 0.2) is 46.8 Å². The van der Waals surface area contributed by atoms with Crippen LogP contribution in [0.3, 0.4) is 0 Å². The maximum absolute atomic E-state index is 13.2. The fourth-order valence-electron chi connectivity index (χ4n) is 3.29. The van der Waals surface area contributed by atoms with Crippen molar-refractivity contribution in [2.24, 2.45) is 5.73 Å². The lowest BCUT2D eigenvalue weighted by Gasteiger charge is -2.32. The van der Waals surface area contributed by atoms with Crippen molar-refractivity contribution in [1.82, 2.24) is 5.32 Å². The number of dihydropyridines is 1. The minimum Gasteiger partial charge on any atom is -0.463 e. The van der Waals surface area contributed by atoms with Crippen molar-refractivity contribution in [3.63, 3.8) is 0 Å². The minimum atomic E-state index is -0.762. The summed E-state index contributed by atoms with van der Waals surface area (Å²) < 4.78 is 16.4. The standard InChI is InChI=1S/C22H29ClN2O5/c1-5-29-21(26)18-14(4)25-17(12-28-11-10-24)20(22(27)30-13(2)3)19(18)15-8-6-7-9-16(15)23/h6-9,13,19,25H,5,10-12,24H2,1-4H3. The summed E-state index contributed by atoms with van der Waals surface area (Å²) in [7, 11) is 0. The van der Waals surface area contributed by atoms with Gasteiger partial charge >= 0.3 is 11.9 Å². The predicted molar refractivity (Wildman–Crippen MR) is 115 cm³/mol. The molecular weight excluding hydrogens is 408 g/mol. The number of esters is 2. The molecule has 164 valence electrons. The van der Waals surface area contributed by atoms with Crippen LogP contribution in [0.1, 0.15) is 39.2 Å². The largest absolute Gasteiger partial charge is 0.463 e. The molecule has 30 heavy (non-hydrogen) atoms. The molecule has 7 nitrogen and oxygen atoms in total. The van der Waals surface area contributed by atoms with E-state index in [1.165, 1.54) is 0 Å². The van der Waals surface area contributed by atoms with Crippen LogP contribution in [0.2, 0.25) is 5.02 Å². The molecule has 0 radical (unpaired) electrons. The summed E-state index contributed by atoms with van der Waals surface area (Å²) in [4.78, 5) is 26.0. The molecule has 8 heteroatoms. The monoisotopic (exact) mass is 436 g/mol. The molecule has 1 aromatic rings. The van der Waals surface area contributed by atoms with Gasteiger partial charge in [-0.15, -0.1) is 0 Å². The van der Waals surface area contributed by atoms with Crippen LogP contribution in [0, 0.1) is 0 Å². The quantitative estimate of drug-likeness (QED) is 0.453. The number of hydrogen-bond acceptors (Lipinski definition) is 7. The van der Waals surface area contributed by atoms with Crippen LogP contribution in [0.5, 0.6) is 0 Å². The van der Waals surface area contributed by atoms with Gasteiger partial charge in [0.25, 0.3) is 0 Å². The summed E-state index contributed by atoms with van der Waals surface area (Å²) in [6.07, 6.45) is -0.346. The van der Waals surface area contributed by atoms with Gasteiger partial charge in [0.05, 0.1) is 48.7 Å². The Morgan fingerprint density at radius 3 is 2.50 bits per heavy atom. The first-order chi connectivity index (χ1) is 14.3. The average Bonchev–Trinajstić information content (AvgIpc) is 2.67. The van der Waals surface area contributed by atoms with Crippen LogP contribution in [-0.4, -0.2) is 44.4 Å². The number of nitrogens with one attached hydrogen (secondary N) is 1. The molecule has 1 aliphatic rings. The number of carbonyl (C=O) groups excluding carboxylic acids is 2. The van der Waals surface area contributed by atoms with Crippen LogP contribution < -0.4 is 11.1 Å². The van der Waals surface area contributed by atoms with Crippen molar-refractivity contribution in [3.8, 4) is 0 Å². The Morgan fingerprint density at radius 1 is 1.20 bits per heavy atom. The summed E-state index contributed by atoms with van der Waals surface area (Å²) in [5.41, 5.74) is 7.77. The van der Waals surface area contributed by atoms with E-state index in [4.69, 9.17) is 31.5 Å². The maximum atomic E-state index is 13.2. The summed E-state index contributed by atoms with van der Waals surface area (Å²) in [6.45, 7) is 7.97. The van der Waals surface area contributed by atoms with E-state index in [2.05, 4.69) is 5.32 Å². The first kappa shape index (κ1) is 23.9. The van der Waals surface area contributed by atoms with E-state index in [9.17, 15) is 9.59 Å². The highest BCUT2D eigenvalue weighted by atomic mass is 35.5. The molecule has 0 amide bonds. The molecular formula is C22H29ClN2O5. The van der Waals surface area contributed by atoms with Crippen molar-refractivity contribution in [2.45, 2.75) is 39.7 Å². The van der Waals surface area contributed by atoms with E-state index in [-0.39, 0.29) is 24.9 Å². The zero-order valence-corrected chi connectivity index (χ0v) is 18.5. The SMILES string of the molecule is CCOC(=O)C1=C(C)NC(COCCN)=C(C(=O)OC(C)C)C1c1ccccc1Cl. The van der Waals surface area contributed by atoms with Gasteiger partial charge in [-0.1, -0.05) is 29.8 Å². The molecule has 0 saturated carbocycles. The molecule has 0 fully saturated rings. The summed E-state index contributed by atoms with van der Waals surface area (Å²) >= 11 is 6.48. The van der Waals surface area contributed by atoms with E-state index in [0.29, 0.717) is 40.7 Å². The molecule has 3 N–H and O–H groups in total. The number of allylic oxidation sites excluding steroid dienone is 1. The van der Waals surface area contributed by atoms with Crippen molar-refractivity contribution in [2.75, 3.05) is 26.4 Å². The third-order valence-electron chi connectivity index (χ3n) is 4.43. The van der Waals surface area contributed by atoms with Gasteiger partial charge in [0.15, 0.2) is 0 Å². The Balaban J connectivity index is 2.68. The molecule has 0 spiro atoms. The van der Waals surface area contributed by atoms with Crippen molar-refractivity contribution >= 4 is 23.5 Å². The average molecular weight is 437 g/mol. The lowest BCUT2D eigenvalue weighted by atomic mass is 9.80. The van der Waals surface area contributed by atoms with Gasteiger partial charge in [0, 0.05) is 17.3 Å². The first-order valence-corrected chi connectivity index (χ1v) is 10.3. The Labute approximate surface area is 182 Å². The number of carbonyl (C=O) groups is 2. The van der Waals surface area contributed by atoms with Crippen LogP contribution >= 0.6 is 11.6 Å². The summed E-state index contributed by atoms with van der Waals surface area (Å²) in [5, 5.41) is 3.56. The van der Waals surface area contributed by atoms with Gasteiger partial charge in [0.1, 0.15) is 0 Å². The van der Waals surface area contributed by atoms with E-state index in [0.717, 1.165) is 0 Å². The van der Waals surface area contributed by atoms with Gasteiger partial charge in [-0.25, -0.2) is 9.59 Å². The number of benzene rings is 1. The normalized spacial score (nSPS) is 16.6. The van der Waals surface area contributed by atoms with Gasteiger partial charge in [-0.3, -0.25) is 0 Å². The smallest absolute Gasteiger partial charge is 0.337 e. The fraction of sp³-hybridized carbons (Fsp3) is 0.455. The van der Waals surface area contributed by atoms with Gasteiger partial charge < -0.3 is 25.3 Å². The van der Waals surface area contributed by atoms with E-state index < -0.39 is 17.9 Å². The fourth-order valence-corrected chi connectivity index (χ4v) is 3.53. The second-order valence-electron chi connectivity index (χ2n) is 7.03. The van der Waals surface area contributed by atoms with E-state index >= 15 is 0 Å². The molecule has 0 aliphatic carbocycles. The van der Waals surface area contributed by atoms with Crippen LogP contribution in [0.4, 0.5) is 0 Å². The molecule has 1 aromatic carbocycles. The Hall–Kier alpha value is -2.35. The predicted octanol–water partition coefficient (Wildman–Crippen LogP) is 3.04. The number of ether oxygens (including phenoxy) is 3. The van der Waals surface area contributed by atoms with Crippen molar-refractivity contribution in [1.29, 1.82) is 0 Å². The lowest BCUT2D eigenvalue weighted by Crippen LogP contribution is -2.35. The molecule has 0 bridgehead atoms. The van der Waals surface area contributed by atoms with Crippen LogP contribution in [0.25, 0.3) is 0 Å². The topological polar surface area (TPSA) is 99.9 Å². The number of hydrogen-bond donors (Lipinski definition) is 2. The molecule has 0 aromatic heterocycles. The number of halogens is 1. The van der Waals surface area contributed by atoms with Gasteiger partial charge in [0.2, 0.25) is 0 Å². The van der Waals surface area contributed by atoms with Crippen molar-refractivity contribution in [3.05, 3.63) is 57.4 Å². The third-order valence-corrected chi connectivity index (χ3v) is 4.77. The van der Waals surface area contributed by atoms with E-state index in [1.807, 2.05) is 0 Å². The summed E-state index contributed by atoms with van der Waals surface area (Å²) in [5.74, 6) is -1.84. The highest BCUT2D eigenvalue weighted by Crippen LogP contribution is 2.42. The second-order valence-corrected chi connectivity index (χ2v) is 7.43. The Kier molecular flexibility index (Phi) is 8.89. The highest BCUT2D eigenvalue weighted by Gasteiger charge is 2.40. The minimum absolute atomic E-state index is 0.105. The zero-order chi connectivity index (χ0) is 22.3. The van der Waals surface area contributed by atoms with Crippen LogP contribution in [-0.2, 0) is 23.8 Å². The Bertz CT molecular complexity index is 848. The second kappa shape index (κ2) is 11.2. The molecule has 0 saturated heterocycles. The Morgan fingerprint density at radius 2 is 1.90 bits per heavy atom. The lowest BCUT2D eigenvalue weighted by molar-refractivity contribution is -0.143. The number of nitrogens with two attached hydrogens (primary N) is 1. The summed E-state index contributed by atoms with van der Waals surface area (Å²) in [6, 6.07) is 7.09. The molecule has 1 heterocycles. The first-order valence-electron chi connectivity index (χ1n) is 9.92. The molecule has 1 unspecified atom stereocenters. The van der Waals surface area contributed by atoms with Gasteiger partial charge in [-0.2, -0.15) is 0 Å². The van der Waals surface area contributed by atoms with Crippen molar-refractivity contribution < 1.29 is 23.8 Å².